The van der Waals surface area contributed by atoms with Gasteiger partial charge in [-0.1, -0.05) is 13.3 Å². The maximum Gasteiger partial charge on any atom is 0.159 e. The summed E-state index contributed by atoms with van der Waals surface area (Å²) < 4.78 is 5.64. The van der Waals surface area contributed by atoms with Gasteiger partial charge in [-0.05, 0) is 30.7 Å². The molecule has 0 bridgehead atoms. The lowest BCUT2D eigenvalue weighted by Gasteiger charge is -2.16. The molecule has 6 heteroatoms. The van der Waals surface area contributed by atoms with Crippen molar-refractivity contribution >= 4 is 23.0 Å². The Kier molecular flexibility index (Phi) is 5.41. The molecule has 3 N–H and O–H groups in total. The summed E-state index contributed by atoms with van der Waals surface area (Å²) in [4.78, 5) is 10.2. The molecule has 0 unspecified atom stereocenters. The van der Waals surface area contributed by atoms with Crippen molar-refractivity contribution in [2.24, 2.45) is 0 Å². The number of nitrogens with two attached hydrogens (primary N) is 1. The second-order valence-electron chi connectivity index (χ2n) is 5.21. The molecule has 0 saturated heterocycles. The predicted molar refractivity (Wildman–Crippen MR) is 90.9 cm³/mol. The Morgan fingerprint density at radius 1 is 1.18 bits per heavy atom. The summed E-state index contributed by atoms with van der Waals surface area (Å²) in [5.41, 5.74) is 7.51. The first-order valence-corrected chi connectivity index (χ1v) is 7.39. The molecule has 1 aromatic heterocycles. The van der Waals surface area contributed by atoms with Crippen LogP contribution in [0.3, 0.4) is 0 Å². The second kappa shape index (κ2) is 7.49. The second-order valence-corrected chi connectivity index (χ2v) is 5.21. The highest BCUT2D eigenvalue weighted by atomic mass is 16.5. The fraction of sp³-hybridized carbons (Fsp3) is 0.375. The summed E-state index contributed by atoms with van der Waals surface area (Å²) in [6, 6.07) is 7.75. The minimum Gasteiger partial charge on any atom is -0.494 e. The first-order chi connectivity index (χ1) is 10.6. The van der Waals surface area contributed by atoms with Gasteiger partial charge in [0.1, 0.15) is 17.8 Å². The van der Waals surface area contributed by atoms with Gasteiger partial charge >= 0.3 is 0 Å². The zero-order valence-corrected chi connectivity index (χ0v) is 13.3. The van der Waals surface area contributed by atoms with E-state index in [1.54, 1.807) is 0 Å². The lowest BCUT2D eigenvalue weighted by atomic mass is 10.3. The number of ether oxygens (including phenoxy) is 1. The molecule has 6 nitrogen and oxygen atoms in total. The van der Waals surface area contributed by atoms with Gasteiger partial charge in [0.05, 0.1) is 6.61 Å². The summed E-state index contributed by atoms with van der Waals surface area (Å²) in [7, 11) is 3.79. The molecule has 0 radical (unpaired) electrons. The lowest BCUT2D eigenvalue weighted by molar-refractivity contribution is 0.309. The van der Waals surface area contributed by atoms with Crippen molar-refractivity contribution in [3.63, 3.8) is 0 Å². The normalized spacial score (nSPS) is 10.3. The van der Waals surface area contributed by atoms with Crippen molar-refractivity contribution in [2.75, 3.05) is 36.7 Å². The van der Waals surface area contributed by atoms with Gasteiger partial charge in [0.25, 0.3) is 0 Å². The topological polar surface area (TPSA) is 76.3 Å². The van der Waals surface area contributed by atoms with Gasteiger partial charge in [-0.25, -0.2) is 9.97 Å². The van der Waals surface area contributed by atoms with Gasteiger partial charge in [-0.15, -0.1) is 0 Å². The van der Waals surface area contributed by atoms with E-state index >= 15 is 0 Å². The summed E-state index contributed by atoms with van der Waals surface area (Å²) in [5.74, 6) is 2.15. The maximum atomic E-state index is 6.09. The number of unbranched alkanes of at least 4 members (excludes halogenated alkanes) is 1. The van der Waals surface area contributed by atoms with Crippen LogP contribution in [0.25, 0.3) is 0 Å². The highest BCUT2D eigenvalue weighted by Crippen LogP contribution is 2.27. The SMILES string of the molecule is CCCCOc1ccc(Nc2ncnc(N(C)C)c2N)cc1. The third-order valence-electron chi connectivity index (χ3n) is 3.17. The van der Waals surface area contributed by atoms with Gasteiger partial charge in [0.15, 0.2) is 11.6 Å². The van der Waals surface area contributed by atoms with Crippen molar-refractivity contribution in [1.29, 1.82) is 0 Å². The molecule has 22 heavy (non-hydrogen) atoms. The molecular weight excluding hydrogens is 278 g/mol. The number of hydrogen-bond acceptors (Lipinski definition) is 6. The molecule has 0 aliphatic rings. The number of benzene rings is 1. The Morgan fingerprint density at radius 3 is 2.55 bits per heavy atom. The van der Waals surface area contributed by atoms with Crippen molar-refractivity contribution in [1.82, 2.24) is 9.97 Å². The Labute approximate surface area is 131 Å². The van der Waals surface area contributed by atoms with Crippen LogP contribution < -0.4 is 20.7 Å². The number of nitrogens with zero attached hydrogens (tertiary/aromatic N) is 3. The molecular formula is C16H23N5O. The van der Waals surface area contributed by atoms with Gasteiger partial charge in [-0.2, -0.15) is 0 Å². The van der Waals surface area contributed by atoms with Crippen LogP contribution >= 0.6 is 0 Å². The first kappa shape index (κ1) is 15.9. The molecule has 0 aliphatic heterocycles. The molecule has 1 aromatic carbocycles. The van der Waals surface area contributed by atoms with Gasteiger partial charge in [0.2, 0.25) is 0 Å². The summed E-state index contributed by atoms with van der Waals surface area (Å²) in [5, 5.41) is 3.20. The van der Waals surface area contributed by atoms with E-state index in [1.807, 2.05) is 43.3 Å². The number of nitrogens with one attached hydrogen (secondary N) is 1. The standard InChI is InChI=1S/C16H23N5O/c1-4-5-10-22-13-8-6-12(7-9-13)20-15-14(17)16(21(2)3)19-11-18-15/h6-9,11H,4-5,10,17H2,1-3H3,(H,18,19,20). The highest BCUT2D eigenvalue weighted by molar-refractivity contribution is 5.77. The van der Waals surface area contributed by atoms with Gasteiger partial charge in [0, 0.05) is 19.8 Å². The molecule has 0 spiro atoms. The summed E-state index contributed by atoms with van der Waals surface area (Å²) in [6.45, 7) is 2.89. The molecule has 0 fully saturated rings. The molecule has 0 amide bonds. The average molecular weight is 301 g/mol. The monoisotopic (exact) mass is 301 g/mol. The number of rotatable bonds is 7. The number of nitrogen functional groups attached to an aromatic ring is 1. The van der Waals surface area contributed by atoms with E-state index in [0.29, 0.717) is 17.3 Å². The average Bonchev–Trinajstić information content (AvgIpc) is 2.51. The minimum absolute atomic E-state index is 0.524. The van der Waals surface area contributed by atoms with E-state index in [2.05, 4.69) is 22.2 Å². The van der Waals surface area contributed by atoms with Crippen LogP contribution in [0.15, 0.2) is 30.6 Å². The van der Waals surface area contributed by atoms with Crippen LogP contribution in [0.1, 0.15) is 19.8 Å². The van der Waals surface area contributed by atoms with E-state index < -0.39 is 0 Å². The first-order valence-electron chi connectivity index (χ1n) is 7.39. The number of hydrogen-bond donors (Lipinski definition) is 2. The Bertz CT molecular complexity index is 598. The third kappa shape index (κ3) is 4.00. The molecule has 2 rings (SSSR count). The molecule has 1 heterocycles. The zero-order chi connectivity index (χ0) is 15.9. The largest absolute Gasteiger partial charge is 0.494 e. The predicted octanol–water partition coefficient (Wildman–Crippen LogP) is 3.05. The Hall–Kier alpha value is -2.50. The van der Waals surface area contributed by atoms with Gasteiger partial charge in [-0.3, -0.25) is 0 Å². The van der Waals surface area contributed by atoms with E-state index in [0.717, 1.165) is 30.9 Å². The van der Waals surface area contributed by atoms with Gasteiger partial charge < -0.3 is 20.7 Å². The van der Waals surface area contributed by atoms with E-state index in [4.69, 9.17) is 10.5 Å². The fourth-order valence-electron chi connectivity index (χ4n) is 1.95. The molecule has 2 aromatic rings. The smallest absolute Gasteiger partial charge is 0.159 e. The van der Waals surface area contributed by atoms with E-state index in [-0.39, 0.29) is 0 Å². The van der Waals surface area contributed by atoms with Crippen molar-refractivity contribution in [3.8, 4) is 5.75 Å². The van der Waals surface area contributed by atoms with Crippen LogP contribution in [-0.2, 0) is 0 Å². The molecule has 0 atom stereocenters. The lowest BCUT2D eigenvalue weighted by Crippen LogP contribution is -2.14. The third-order valence-corrected chi connectivity index (χ3v) is 3.17. The van der Waals surface area contributed by atoms with Crippen LogP contribution in [0, 0.1) is 0 Å². The van der Waals surface area contributed by atoms with E-state index in [9.17, 15) is 0 Å². The quantitative estimate of drug-likeness (QED) is 0.765. The van der Waals surface area contributed by atoms with Crippen molar-refractivity contribution < 1.29 is 4.74 Å². The van der Waals surface area contributed by atoms with Crippen LogP contribution in [0.5, 0.6) is 5.75 Å². The highest BCUT2D eigenvalue weighted by Gasteiger charge is 2.09. The van der Waals surface area contributed by atoms with Crippen LogP contribution in [0.4, 0.5) is 23.0 Å². The zero-order valence-electron chi connectivity index (χ0n) is 13.3. The molecule has 0 aliphatic carbocycles. The van der Waals surface area contributed by atoms with Crippen LogP contribution in [0.2, 0.25) is 0 Å². The van der Waals surface area contributed by atoms with E-state index in [1.165, 1.54) is 6.33 Å². The number of aromatic nitrogens is 2. The van der Waals surface area contributed by atoms with Crippen molar-refractivity contribution in [3.05, 3.63) is 30.6 Å². The molecule has 0 saturated carbocycles. The van der Waals surface area contributed by atoms with Crippen LogP contribution in [-0.4, -0.2) is 30.7 Å². The van der Waals surface area contributed by atoms with Crippen molar-refractivity contribution in [2.45, 2.75) is 19.8 Å². The summed E-state index contributed by atoms with van der Waals surface area (Å²) >= 11 is 0. The minimum atomic E-state index is 0.524. The fourth-order valence-corrected chi connectivity index (χ4v) is 1.95. The molecule has 118 valence electrons. The number of anilines is 4. The Morgan fingerprint density at radius 2 is 1.91 bits per heavy atom. The Balaban J connectivity index is 2.06. The summed E-state index contributed by atoms with van der Waals surface area (Å²) in [6.07, 6.45) is 3.68. The maximum absolute atomic E-state index is 6.09.